The van der Waals surface area contributed by atoms with E-state index in [2.05, 4.69) is 4.72 Å². The summed E-state index contributed by atoms with van der Waals surface area (Å²) < 4.78 is 33.4. The second-order valence-corrected chi connectivity index (χ2v) is 8.11. The zero-order chi connectivity index (χ0) is 17.5. The average molecular weight is 368 g/mol. The predicted molar refractivity (Wildman–Crippen MR) is 90.7 cm³/mol. The Balaban J connectivity index is 1.84. The SMILES string of the molecule is Cc1ccsc1[C@H](O)CNS(=O)(=O)c1ccc2oc(=O)n(C)c2c1. The molecule has 0 radical (unpaired) electrons. The first kappa shape index (κ1) is 16.9. The van der Waals surface area contributed by atoms with Gasteiger partial charge < -0.3 is 9.52 Å². The van der Waals surface area contributed by atoms with Gasteiger partial charge in [-0.2, -0.15) is 0 Å². The molecule has 128 valence electrons. The lowest BCUT2D eigenvalue weighted by Crippen LogP contribution is -2.28. The van der Waals surface area contributed by atoms with E-state index in [1.807, 2.05) is 18.4 Å². The fourth-order valence-corrected chi connectivity index (χ4v) is 4.34. The predicted octanol–water partition coefficient (Wildman–Crippen LogP) is 1.51. The third kappa shape index (κ3) is 3.03. The van der Waals surface area contributed by atoms with Crippen LogP contribution in [0.4, 0.5) is 0 Å². The van der Waals surface area contributed by atoms with E-state index < -0.39 is 21.9 Å². The summed E-state index contributed by atoms with van der Waals surface area (Å²) in [7, 11) is -2.32. The molecule has 3 aromatic rings. The molecular formula is C15H16N2O5S2. The van der Waals surface area contributed by atoms with Crippen molar-refractivity contribution in [2.45, 2.75) is 17.9 Å². The van der Waals surface area contributed by atoms with Gasteiger partial charge in [0, 0.05) is 18.5 Å². The Morgan fingerprint density at radius 2 is 2.12 bits per heavy atom. The first-order valence-electron chi connectivity index (χ1n) is 7.11. The maximum atomic E-state index is 12.4. The van der Waals surface area contributed by atoms with Crippen molar-refractivity contribution in [3.63, 3.8) is 0 Å². The third-order valence-corrected chi connectivity index (χ3v) is 6.29. The molecule has 3 rings (SSSR count). The average Bonchev–Trinajstić information content (AvgIpc) is 3.09. The molecule has 0 bridgehead atoms. The van der Waals surface area contributed by atoms with E-state index >= 15 is 0 Å². The maximum Gasteiger partial charge on any atom is 0.419 e. The lowest BCUT2D eigenvalue weighted by Gasteiger charge is -2.12. The van der Waals surface area contributed by atoms with Crippen molar-refractivity contribution in [2.24, 2.45) is 7.05 Å². The number of aliphatic hydroxyl groups excluding tert-OH is 1. The van der Waals surface area contributed by atoms with Gasteiger partial charge >= 0.3 is 5.76 Å². The van der Waals surface area contributed by atoms with Gasteiger partial charge in [0.05, 0.1) is 10.4 Å². The molecule has 0 saturated carbocycles. The molecule has 0 saturated heterocycles. The molecule has 0 fully saturated rings. The van der Waals surface area contributed by atoms with E-state index in [1.54, 1.807) is 0 Å². The summed E-state index contributed by atoms with van der Waals surface area (Å²) in [6.45, 7) is 1.73. The highest BCUT2D eigenvalue weighted by atomic mass is 32.2. The monoisotopic (exact) mass is 368 g/mol. The fraction of sp³-hybridized carbons (Fsp3) is 0.267. The van der Waals surface area contributed by atoms with Crippen LogP contribution >= 0.6 is 11.3 Å². The fourth-order valence-electron chi connectivity index (χ4n) is 2.36. The van der Waals surface area contributed by atoms with Crippen molar-refractivity contribution < 1.29 is 17.9 Å². The molecule has 9 heteroatoms. The smallest absolute Gasteiger partial charge is 0.408 e. The maximum absolute atomic E-state index is 12.4. The van der Waals surface area contributed by atoms with Crippen molar-refractivity contribution in [3.05, 3.63) is 50.6 Å². The van der Waals surface area contributed by atoms with Crippen molar-refractivity contribution in [2.75, 3.05) is 6.54 Å². The van der Waals surface area contributed by atoms with Crippen LogP contribution in [0, 0.1) is 6.92 Å². The molecule has 0 aliphatic rings. The molecule has 0 unspecified atom stereocenters. The second kappa shape index (κ2) is 6.17. The van der Waals surface area contributed by atoms with Crippen LogP contribution in [-0.4, -0.2) is 24.6 Å². The van der Waals surface area contributed by atoms with Crippen LogP contribution in [0.15, 0.2) is 43.8 Å². The molecule has 2 heterocycles. The highest BCUT2D eigenvalue weighted by Gasteiger charge is 2.20. The number of aliphatic hydroxyl groups is 1. The minimum absolute atomic E-state index is 0.00139. The zero-order valence-corrected chi connectivity index (χ0v) is 14.6. The van der Waals surface area contributed by atoms with Crippen molar-refractivity contribution in [1.29, 1.82) is 0 Å². The summed E-state index contributed by atoms with van der Waals surface area (Å²) in [5.74, 6) is -0.559. The molecule has 24 heavy (non-hydrogen) atoms. The van der Waals surface area contributed by atoms with Gasteiger partial charge in [-0.1, -0.05) is 0 Å². The standard InChI is InChI=1S/C15H16N2O5S2/c1-9-5-6-23-14(9)12(18)8-16-24(20,21)10-3-4-13-11(7-10)17(2)15(19)22-13/h3-7,12,16,18H,8H2,1-2H3/t12-/m1/s1. The number of nitrogens with one attached hydrogen (secondary N) is 1. The number of hydrogen-bond acceptors (Lipinski definition) is 6. The van der Waals surface area contributed by atoms with Gasteiger partial charge in [0.2, 0.25) is 10.0 Å². The number of rotatable bonds is 5. The van der Waals surface area contributed by atoms with Gasteiger partial charge in [0.25, 0.3) is 0 Å². The van der Waals surface area contributed by atoms with Crippen LogP contribution in [0.2, 0.25) is 0 Å². The van der Waals surface area contributed by atoms with Crippen molar-refractivity contribution in [1.82, 2.24) is 9.29 Å². The molecule has 2 N–H and O–H groups in total. The Hall–Kier alpha value is -1.94. The van der Waals surface area contributed by atoms with Gasteiger partial charge in [-0.3, -0.25) is 4.57 Å². The van der Waals surface area contributed by atoms with Gasteiger partial charge in [-0.25, -0.2) is 17.9 Å². The normalized spacial score (nSPS) is 13.5. The third-order valence-electron chi connectivity index (χ3n) is 3.74. The van der Waals surface area contributed by atoms with Crippen molar-refractivity contribution in [3.8, 4) is 0 Å². The summed E-state index contributed by atoms with van der Waals surface area (Å²) in [6.07, 6.45) is -0.915. The first-order chi connectivity index (χ1) is 11.3. The van der Waals surface area contributed by atoms with Crippen LogP contribution in [0.1, 0.15) is 16.5 Å². The van der Waals surface area contributed by atoms with E-state index in [-0.39, 0.29) is 11.4 Å². The molecular weight excluding hydrogens is 352 g/mol. The Kier molecular flexibility index (Phi) is 4.35. The topological polar surface area (TPSA) is 102 Å². The largest absolute Gasteiger partial charge is 0.419 e. The summed E-state index contributed by atoms with van der Waals surface area (Å²) in [4.78, 5) is 12.2. The minimum Gasteiger partial charge on any atom is -0.408 e. The molecule has 0 spiro atoms. The molecule has 1 aromatic carbocycles. The van der Waals surface area contributed by atoms with Crippen LogP contribution < -0.4 is 10.5 Å². The summed E-state index contributed by atoms with van der Waals surface area (Å²) in [5, 5.41) is 12.0. The summed E-state index contributed by atoms with van der Waals surface area (Å²) >= 11 is 1.38. The van der Waals surface area contributed by atoms with Crippen LogP contribution in [0.5, 0.6) is 0 Å². The van der Waals surface area contributed by atoms with E-state index in [9.17, 15) is 18.3 Å². The number of nitrogens with zero attached hydrogens (tertiary/aromatic N) is 1. The Morgan fingerprint density at radius 1 is 1.38 bits per heavy atom. The number of thiophene rings is 1. The van der Waals surface area contributed by atoms with E-state index in [1.165, 1.54) is 41.2 Å². The number of sulfonamides is 1. The molecule has 0 amide bonds. The van der Waals surface area contributed by atoms with Crippen LogP contribution in [0.25, 0.3) is 11.1 Å². The highest BCUT2D eigenvalue weighted by Crippen LogP contribution is 2.24. The van der Waals surface area contributed by atoms with Gasteiger partial charge in [0.1, 0.15) is 6.10 Å². The Bertz CT molecular complexity index is 1050. The lowest BCUT2D eigenvalue weighted by molar-refractivity contribution is 0.185. The van der Waals surface area contributed by atoms with Crippen LogP contribution in [0.3, 0.4) is 0 Å². The zero-order valence-electron chi connectivity index (χ0n) is 13.0. The van der Waals surface area contributed by atoms with Gasteiger partial charge in [-0.15, -0.1) is 11.3 Å². The quantitative estimate of drug-likeness (QED) is 0.711. The summed E-state index contributed by atoms with van der Waals surface area (Å²) in [6, 6.07) is 6.03. The number of hydrogen-bond donors (Lipinski definition) is 2. The number of aryl methyl sites for hydroxylation is 2. The van der Waals surface area contributed by atoms with Crippen LogP contribution in [-0.2, 0) is 17.1 Å². The lowest BCUT2D eigenvalue weighted by atomic mass is 10.2. The molecule has 0 aliphatic carbocycles. The second-order valence-electron chi connectivity index (χ2n) is 5.39. The molecule has 0 aliphatic heterocycles. The van der Waals surface area contributed by atoms with Crippen molar-refractivity contribution >= 4 is 32.5 Å². The van der Waals surface area contributed by atoms with Gasteiger partial charge in [0.15, 0.2) is 5.58 Å². The molecule has 2 aromatic heterocycles. The van der Waals surface area contributed by atoms with E-state index in [0.29, 0.717) is 11.1 Å². The first-order valence-corrected chi connectivity index (χ1v) is 9.47. The number of aromatic nitrogens is 1. The summed E-state index contributed by atoms with van der Waals surface area (Å²) in [5.41, 5.74) is 1.62. The van der Waals surface area contributed by atoms with E-state index in [4.69, 9.17) is 4.42 Å². The number of oxazole rings is 1. The van der Waals surface area contributed by atoms with E-state index in [0.717, 1.165) is 10.4 Å². The Morgan fingerprint density at radius 3 is 2.79 bits per heavy atom. The minimum atomic E-state index is -3.82. The Labute approximate surface area is 142 Å². The van der Waals surface area contributed by atoms with Gasteiger partial charge in [-0.05, 0) is 42.1 Å². The number of fused-ring (bicyclic) bond motifs is 1. The molecule has 1 atom stereocenters. The highest BCUT2D eigenvalue weighted by molar-refractivity contribution is 7.89. The number of benzene rings is 1. The molecule has 7 nitrogen and oxygen atoms in total.